The maximum absolute atomic E-state index is 11.1. The van der Waals surface area contributed by atoms with E-state index >= 15 is 0 Å². The summed E-state index contributed by atoms with van der Waals surface area (Å²) in [4.78, 5) is 22.0. The van der Waals surface area contributed by atoms with Crippen LogP contribution in [-0.2, 0) is 9.53 Å². The lowest BCUT2D eigenvalue weighted by atomic mass is 10.1. The van der Waals surface area contributed by atoms with Crippen molar-refractivity contribution in [1.29, 1.82) is 0 Å². The smallest absolute Gasteiger partial charge is 0.339 e. The van der Waals surface area contributed by atoms with Crippen molar-refractivity contribution >= 4 is 27.9 Å². The van der Waals surface area contributed by atoms with Gasteiger partial charge in [-0.1, -0.05) is 15.9 Å². The fraction of sp³-hybridized carbons (Fsp3) is 0.333. The monoisotopic (exact) mass is 316 g/mol. The minimum Gasteiger partial charge on any atom is -0.492 e. The molecular formula is C12H13BrO5. The normalized spacial score (nSPS) is 9.94. The summed E-state index contributed by atoms with van der Waals surface area (Å²) in [5.74, 6) is -1.20. The van der Waals surface area contributed by atoms with Gasteiger partial charge in [-0.25, -0.2) is 4.79 Å². The molecule has 0 spiro atoms. The number of carboxylic acid groups (broad SMARTS) is 1. The number of ether oxygens (including phenoxy) is 2. The van der Waals surface area contributed by atoms with Crippen molar-refractivity contribution in [2.75, 3.05) is 13.7 Å². The molecule has 1 N–H and O–H groups in total. The Morgan fingerprint density at radius 3 is 2.61 bits per heavy atom. The number of methoxy groups -OCH3 is 1. The van der Waals surface area contributed by atoms with Crippen LogP contribution in [0.3, 0.4) is 0 Å². The third-order valence-electron chi connectivity index (χ3n) is 2.25. The summed E-state index contributed by atoms with van der Waals surface area (Å²) in [7, 11) is 1.29. The van der Waals surface area contributed by atoms with E-state index in [0.29, 0.717) is 10.0 Å². The standard InChI is InChI=1S/C12H13BrO5/c1-7-5-8(13)6-9(12(15)16)11(7)18-4-3-10(14)17-2/h5-6H,3-4H2,1-2H3,(H,15,16). The SMILES string of the molecule is COC(=O)CCOc1c(C)cc(Br)cc1C(=O)O. The van der Waals surface area contributed by atoms with Crippen LogP contribution in [0.2, 0.25) is 0 Å². The second-order valence-electron chi connectivity index (χ2n) is 3.58. The van der Waals surface area contributed by atoms with Gasteiger partial charge in [0.15, 0.2) is 0 Å². The number of carbonyl (C=O) groups excluding carboxylic acids is 1. The maximum atomic E-state index is 11.1. The lowest BCUT2D eigenvalue weighted by Gasteiger charge is -2.12. The molecule has 0 radical (unpaired) electrons. The Balaban J connectivity index is 2.87. The Morgan fingerprint density at radius 2 is 2.06 bits per heavy atom. The summed E-state index contributed by atoms with van der Waals surface area (Å²) in [6, 6.07) is 3.21. The molecule has 1 aromatic carbocycles. The molecule has 18 heavy (non-hydrogen) atoms. The summed E-state index contributed by atoms with van der Waals surface area (Å²) in [6.45, 7) is 1.82. The minimum atomic E-state index is -1.08. The predicted molar refractivity (Wildman–Crippen MR) is 68.0 cm³/mol. The van der Waals surface area contributed by atoms with Gasteiger partial charge in [0, 0.05) is 4.47 Å². The van der Waals surface area contributed by atoms with E-state index < -0.39 is 11.9 Å². The highest BCUT2D eigenvalue weighted by atomic mass is 79.9. The second-order valence-corrected chi connectivity index (χ2v) is 4.49. The largest absolute Gasteiger partial charge is 0.492 e. The number of aryl methyl sites for hydroxylation is 1. The van der Waals surface area contributed by atoms with Crippen molar-refractivity contribution in [1.82, 2.24) is 0 Å². The van der Waals surface area contributed by atoms with E-state index in [4.69, 9.17) is 9.84 Å². The average Bonchev–Trinajstić information content (AvgIpc) is 2.30. The van der Waals surface area contributed by atoms with Crippen LogP contribution in [0.15, 0.2) is 16.6 Å². The first-order valence-corrected chi connectivity index (χ1v) is 5.98. The zero-order valence-electron chi connectivity index (χ0n) is 10.0. The molecule has 0 saturated carbocycles. The number of carboxylic acids is 1. The van der Waals surface area contributed by atoms with Gasteiger partial charge in [-0.05, 0) is 24.6 Å². The van der Waals surface area contributed by atoms with Crippen LogP contribution < -0.4 is 4.74 Å². The quantitative estimate of drug-likeness (QED) is 0.844. The van der Waals surface area contributed by atoms with Crippen molar-refractivity contribution in [2.24, 2.45) is 0 Å². The van der Waals surface area contributed by atoms with Gasteiger partial charge in [0.25, 0.3) is 0 Å². The molecule has 0 aromatic heterocycles. The number of benzene rings is 1. The van der Waals surface area contributed by atoms with Crippen LogP contribution in [-0.4, -0.2) is 30.8 Å². The van der Waals surface area contributed by atoms with Crippen LogP contribution in [0.25, 0.3) is 0 Å². The molecule has 0 aliphatic heterocycles. The molecular weight excluding hydrogens is 304 g/mol. The van der Waals surface area contributed by atoms with Crippen LogP contribution in [0, 0.1) is 6.92 Å². The lowest BCUT2D eigenvalue weighted by molar-refractivity contribution is -0.141. The summed E-state index contributed by atoms with van der Waals surface area (Å²) in [5, 5.41) is 9.08. The Hall–Kier alpha value is -1.56. The molecule has 0 heterocycles. The summed E-state index contributed by atoms with van der Waals surface area (Å²) in [5.41, 5.74) is 0.749. The van der Waals surface area contributed by atoms with Gasteiger partial charge in [-0.3, -0.25) is 4.79 Å². The van der Waals surface area contributed by atoms with Gasteiger partial charge >= 0.3 is 11.9 Å². The van der Waals surface area contributed by atoms with E-state index in [-0.39, 0.29) is 24.3 Å². The second kappa shape index (κ2) is 6.39. The Morgan fingerprint density at radius 1 is 1.39 bits per heavy atom. The zero-order valence-corrected chi connectivity index (χ0v) is 11.6. The summed E-state index contributed by atoms with van der Waals surface area (Å²) < 4.78 is 10.5. The number of halogens is 1. The first kappa shape index (κ1) is 14.5. The molecule has 0 atom stereocenters. The number of carbonyl (C=O) groups is 2. The van der Waals surface area contributed by atoms with Crippen LogP contribution in [0.5, 0.6) is 5.75 Å². The topological polar surface area (TPSA) is 72.8 Å². The Bertz CT molecular complexity index is 470. The van der Waals surface area contributed by atoms with E-state index in [2.05, 4.69) is 20.7 Å². The van der Waals surface area contributed by atoms with E-state index in [1.165, 1.54) is 13.2 Å². The third-order valence-corrected chi connectivity index (χ3v) is 2.71. The molecule has 98 valence electrons. The molecule has 0 amide bonds. The Labute approximate surface area is 113 Å². The lowest BCUT2D eigenvalue weighted by Crippen LogP contribution is -2.10. The van der Waals surface area contributed by atoms with Crippen molar-refractivity contribution in [3.8, 4) is 5.75 Å². The number of hydrogen-bond donors (Lipinski definition) is 1. The molecule has 5 nitrogen and oxygen atoms in total. The van der Waals surface area contributed by atoms with Gasteiger partial charge < -0.3 is 14.6 Å². The minimum absolute atomic E-state index is 0.0618. The zero-order chi connectivity index (χ0) is 13.7. The van der Waals surface area contributed by atoms with Gasteiger partial charge in [0.2, 0.25) is 0 Å². The summed E-state index contributed by atoms with van der Waals surface area (Å²) in [6.07, 6.45) is 0.0745. The maximum Gasteiger partial charge on any atom is 0.339 e. The first-order chi connectivity index (χ1) is 8.45. The van der Waals surface area contributed by atoms with E-state index in [1.807, 2.05) is 0 Å². The van der Waals surface area contributed by atoms with Crippen molar-refractivity contribution in [3.05, 3.63) is 27.7 Å². The summed E-state index contributed by atoms with van der Waals surface area (Å²) >= 11 is 3.23. The van der Waals surface area contributed by atoms with Crippen molar-refractivity contribution in [3.63, 3.8) is 0 Å². The van der Waals surface area contributed by atoms with Crippen LogP contribution in [0.1, 0.15) is 22.3 Å². The molecule has 1 rings (SSSR count). The number of aromatic carboxylic acids is 1. The third kappa shape index (κ3) is 3.73. The highest BCUT2D eigenvalue weighted by Gasteiger charge is 2.15. The Kier molecular flexibility index (Phi) is 5.15. The molecule has 0 aliphatic rings. The van der Waals surface area contributed by atoms with Crippen molar-refractivity contribution in [2.45, 2.75) is 13.3 Å². The fourth-order valence-corrected chi connectivity index (χ4v) is 1.99. The molecule has 0 saturated heterocycles. The van der Waals surface area contributed by atoms with Crippen molar-refractivity contribution < 1.29 is 24.2 Å². The van der Waals surface area contributed by atoms with Crippen LogP contribution >= 0.6 is 15.9 Å². The molecule has 0 aliphatic carbocycles. The van der Waals surface area contributed by atoms with E-state index in [9.17, 15) is 9.59 Å². The molecule has 6 heteroatoms. The number of rotatable bonds is 5. The first-order valence-electron chi connectivity index (χ1n) is 5.18. The fourth-order valence-electron chi connectivity index (χ4n) is 1.42. The van der Waals surface area contributed by atoms with Gasteiger partial charge in [-0.2, -0.15) is 0 Å². The molecule has 1 aromatic rings. The van der Waals surface area contributed by atoms with Gasteiger partial charge in [0.1, 0.15) is 11.3 Å². The molecule has 0 bridgehead atoms. The van der Waals surface area contributed by atoms with E-state index in [1.54, 1.807) is 13.0 Å². The molecule has 0 fully saturated rings. The highest BCUT2D eigenvalue weighted by Crippen LogP contribution is 2.28. The van der Waals surface area contributed by atoms with Crippen LogP contribution in [0.4, 0.5) is 0 Å². The van der Waals surface area contributed by atoms with E-state index in [0.717, 1.165) is 0 Å². The van der Waals surface area contributed by atoms with Gasteiger partial charge in [0.05, 0.1) is 20.1 Å². The highest BCUT2D eigenvalue weighted by molar-refractivity contribution is 9.10. The average molecular weight is 317 g/mol. The molecule has 0 unspecified atom stereocenters. The number of hydrogen-bond acceptors (Lipinski definition) is 4. The van der Waals surface area contributed by atoms with Gasteiger partial charge in [-0.15, -0.1) is 0 Å². The predicted octanol–water partition coefficient (Wildman–Crippen LogP) is 2.40. The number of esters is 1.